The summed E-state index contributed by atoms with van der Waals surface area (Å²) < 4.78 is 0. The number of nitriles is 2. The molecule has 0 fully saturated rings. The molecule has 320 valence electrons. The summed E-state index contributed by atoms with van der Waals surface area (Å²) in [4.78, 5) is 26.1. The molecule has 64 heavy (non-hydrogen) atoms. The maximum absolute atomic E-state index is 8.84. The maximum atomic E-state index is 8.84. The summed E-state index contributed by atoms with van der Waals surface area (Å²) in [5.41, 5.74) is 3.57. The molecule has 0 unspecified atom stereocenters. The molecule has 0 bridgehead atoms. The van der Waals surface area contributed by atoms with Crippen molar-refractivity contribution in [1.82, 2.24) is 29.9 Å². The average molecular weight is 951 g/mol. The molecule has 8 aromatic rings. The van der Waals surface area contributed by atoms with E-state index in [0.717, 1.165) is 27.6 Å². The van der Waals surface area contributed by atoms with E-state index >= 15 is 0 Å². The third-order valence-electron chi connectivity index (χ3n) is 8.82. The predicted molar refractivity (Wildman–Crippen MR) is 258 cm³/mol. The fourth-order valence-corrected chi connectivity index (χ4v) is 6.71. The minimum absolute atomic E-state index is 0.216. The van der Waals surface area contributed by atoms with Gasteiger partial charge in [0.25, 0.3) is 0 Å². The number of rotatable bonds is 12. The molecule has 4 aromatic carbocycles. The van der Waals surface area contributed by atoms with Crippen LogP contribution in [0.25, 0.3) is 33.2 Å². The zero-order valence-corrected chi connectivity index (χ0v) is 37.1. The first-order chi connectivity index (χ1) is 31.0. The van der Waals surface area contributed by atoms with Gasteiger partial charge in [-0.05, 0) is 96.5 Å². The van der Waals surface area contributed by atoms with Crippen molar-refractivity contribution in [3.63, 3.8) is 0 Å². The summed E-state index contributed by atoms with van der Waals surface area (Å²) in [5, 5.41) is 51.9. The Bertz CT molecular complexity index is 2940. The predicted octanol–water partition coefficient (Wildman–Crippen LogP) is 9.14. The molecule has 0 saturated carbocycles. The lowest BCUT2D eigenvalue weighted by molar-refractivity contribution is 0.426. The van der Waals surface area contributed by atoms with E-state index in [1.165, 1.54) is 24.5 Å². The zero-order chi connectivity index (χ0) is 45.4. The van der Waals surface area contributed by atoms with Crippen molar-refractivity contribution in [3.8, 4) is 23.5 Å². The van der Waals surface area contributed by atoms with Crippen LogP contribution < -0.4 is 26.7 Å². The van der Waals surface area contributed by atoms with Crippen molar-refractivity contribution in [2.24, 2.45) is 0 Å². The van der Waals surface area contributed by atoms with Gasteiger partial charge in [0.05, 0.1) is 27.2 Å². The summed E-state index contributed by atoms with van der Waals surface area (Å²) in [7, 11) is -1.57. The molecule has 4 heterocycles. The minimum Gasteiger partial charge on any atom is -0.423 e. The highest BCUT2D eigenvalue weighted by molar-refractivity contribution is 6.63. The second kappa shape index (κ2) is 23.2. The number of halogens is 5. The van der Waals surface area contributed by atoms with Crippen LogP contribution in [0.5, 0.6) is 0 Å². The number of anilines is 4. The van der Waals surface area contributed by atoms with Gasteiger partial charge < -0.3 is 31.3 Å². The summed E-state index contributed by atoms with van der Waals surface area (Å²) in [6.45, 7) is 2.50. The van der Waals surface area contributed by atoms with Crippen molar-refractivity contribution < 1.29 is 10.0 Å². The van der Waals surface area contributed by atoms with E-state index in [1.54, 1.807) is 48.5 Å². The Morgan fingerprint density at radius 2 is 1.03 bits per heavy atom. The number of para-hydroxylation sites is 2. The first-order valence-corrected chi connectivity index (χ1v) is 21.0. The summed E-state index contributed by atoms with van der Waals surface area (Å²) in [5.74, 6) is 3.34. The van der Waals surface area contributed by atoms with Crippen molar-refractivity contribution in [2.75, 3.05) is 47.4 Å². The molecule has 0 radical (unpaired) electrons. The standard InChI is InChI=1S/C22H16Cl2N6.C16H13ClN6.C6H5BCl2O2/c23-15-6-7-18(24)17(11-15)22-29-19-4-2-1-3-16(19)21(30-22)27-10-9-26-20-8-5-14(12-25)13-28-20;17-16-22-13-4-2-1-3-12(13)15(23-16)20-8-7-19-14-6-5-11(9-18)10-21-14;8-4-1-2-6(9)5(3-4)7(10)11/h1-8,11,13H,9-10H2,(H,26,28)(H,27,29,30);1-6,10H,7-8H2,(H,19,21)(H,20,22,23);1-3,10-11H. The normalized spacial score (nSPS) is 10.3. The van der Waals surface area contributed by atoms with Gasteiger partial charge >= 0.3 is 7.12 Å². The molecule has 0 spiro atoms. The summed E-state index contributed by atoms with van der Waals surface area (Å²) in [6.07, 6.45) is 3.07. The molecule has 20 heteroatoms. The van der Waals surface area contributed by atoms with Gasteiger partial charge in [-0.15, -0.1) is 0 Å². The molecule has 0 amide bonds. The number of hydrogen-bond acceptors (Lipinski definition) is 14. The molecular formula is C44H34BCl5N12O2. The average Bonchev–Trinajstić information content (AvgIpc) is 3.31. The number of aromatic nitrogens is 6. The van der Waals surface area contributed by atoms with Crippen LogP contribution in [0.3, 0.4) is 0 Å². The molecule has 0 saturated heterocycles. The lowest BCUT2D eigenvalue weighted by atomic mass is 9.80. The van der Waals surface area contributed by atoms with Gasteiger partial charge in [-0.2, -0.15) is 10.5 Å². The second-order valence-electron chi connectivity index (χ2n) is 13.2. The zero-order valence-electron chi connectivity index (χ0n) is 33.3. The van der Waals surface area contributed by atoms with Gasteiger partial charge in [-0.3, -0.25) is 0 Å². The van der Waals surface area contributed by atoms with Crippen LogP contribution in [0.1, 0.15) is 11.1 Å². The van der Waals surface area contributed by atoms with Crippen molar-refractivity contribution in [2.45, 2.75) is 0 Å². The number of hydrogen-bond donors (Lipinski definition) is 6. The SMILES string of the molecule is N#Cc1ccc(NCCNc2nc(-c3cc(Cl)ccc3Cl)nc3ccccc23)nc1.N#Cc1ccc(NCCNc2nc(Cl)nc3ccccc23)nc1.OB(O)c1cc(Cl)ccc1Cl. The highest BCUT2D eigenvalue weighted by Gasteiger charge is 2.15. The van der Waals surface area contributed by atoms with Crippen LogP contribution in [0, 0.1) is 22.7 Å². The number of pyridine rings is 2. The van der Waals surface area contributed by atoms with E-state index in [9.17, 15) is 0 Å². The molecule has 4 aromatic heterocycles. The molecule has 6 N–H and O–H groups in total. The van der Waals surface area contributed by atoms with Crippen molar-refractivity contribution in [1.29, 1.82) is 10.5 Å². The van der Waals surface area contributed by atoms with Gasteiger partial charge in [0, 0.05) is 75.4 Å². The second-order valence-corrected chi connectivity index (χ2v) is 15.3. The Hall–Kier alpha value is -6.53. The van der Waals surface area contributed by atoms with E-state index in [4.69, 9.17) is 83.6 Å². The van der Waals surface area contributed by atoms with Gasteiger partial charge in [-0.1, -0.05) is 70.7 Å². The van der Waals surface area contributed by atoms with Crippen LogP contribution in [0.2, 0.25) is 25.4 Å². The number of fused-ring (bicyclic) bond motifs is 2. The maximum Gasteiger partial charge on any atom is 0.490 e. The lowest BCUT2D eigenvalue weighted by Gasteiger charge is -2.12. The third-order valence-corrected chi connectivity index (χ3v) is 10.1. The van der Waals surface area contributed by atoms with E-state index in [0.29, 0.717) is 86.2 Å². The Morgan fingerprint density at radius 3 is 1.55 bits per heavy atom. The third kappa shape index (κ3) is 13.2. The largest absolute Gasteiger partial charge is 0.490 e. The molecule has 0 aliphatic heterocycles. The molecule has 8 rings (SSSR count). The monoisotopic (exact) mass is 948 g/mol. The minimum atomic E-state index is -1.57. The van der Waals surface area contributed by atoms with Crippen LogP contribution in [0.15, 0.2) is 122 Å². The highest BCUT2D eigenvalue weighted by atomic mass is 35.5. The van der Waals surface area contributed by atoms with Gasteiger partial charge in [0.2, 0.25) is 5.28 Å². The van der Waals surface area contributed by atoms with Crippen molar-refractivity contribution >= 4 is 116 Å². The molecule has 0 aliphatic carbocycles. The highest BCUT2D eigenvalue weighted by Crippen LogP contribution is 2.31. The quantitative estimate of drug-likeness (QED) is 0.0383. The molecule has 14 nitrogen and oxygen atoms in total. The number of benzene rings is 4. The van der Waals surface area contributed by atoms with Gasteiger partial charge in [0.1, 0.15) is 35.4 Å². The Labute approximate surface area is 393 Å². The Balaban J connectivity index is 0.000000176. The number of nitrogens with one attached hydrogen (secondary N) is 4. The number of nitrogens with zero attached hydrogens (tertiary/aromatic N) is 8. The van der Waals surface area contributed by atoms with Crippen LogP contribution in [-0.2, 0) is 0 Å². The van der Waals surface area contributed by atoms with Crippen LogP contribution in [-0.4, -0.2) is 73.2 Å². The molecule has 0 atom stereocenters. The van der Waals surface area contributed by atoms with E-state index in [-0.39, 0.29) is 10.7 Å². The first-order valence-electron chi connectivity index (χ1n) is 19.1. The lowest BCUT2D eigenvalue weighted by Crippen LogP contribution is -2.30. The first kappa shape index (κ1) is 47.0. The smallest absolute Gasteiger partial charge is 0.423 e. The fourth-order valence-electron chi connectivity index (χ4n) is 5.77. The van der Waals surface area contributed by atoms with E-state index < -0.39 is 7.12 Å². The molecular weight excluding hydrogens is 917 g/mol. The van der Waals surface area contributed by atoms with E-state index in [2.05, 4.69) is 52.3 Å². The van der Waals surface area contributed by atoms with Gasteiger partial charge in [0.15, 0.2) is 5.82 Å². The Kier molecular flexibility index (Phi) is 17.1. The van der Waals surface area contributed by atoms with E-state index in [1.807, 2.05) is 54.6 Å². The van der Waals surface area contributed by atoms with Crippen molar-refractivity contribution in [3.05, 3.63) is 158 Å². The summed E-state index contributed by atoms with van der Waals surface area (Å²) in [6, 6.07) is 36.3. The molecule has 0 aliphatic rings. The summed E-state index contributed by atoms with van der Waals surface area (Å²) >= 11 is 29.6. The van der Waals surface area contributed by atoms with Crippen LogP contribution >= 0.6 is 58.0 Å². The topological polar surface area (TPSA) is 213 Å². The Morgan fingerprint density at radius 1 is 0.531 bits per heavy atom. The fraction of sp³-hybridized carbons (Fsp3) is 0.0909. The van der Waals surface area contributed by atoms with Crippen LogP contribution in [0.4, 0.5) is 23.3 Å². The van der Waals surface area contributed by atoms with Gasteiger partial charge in [-0.25, -0.2) is 29.9 Å².